The molecule has 0 unspecified atom stereocenters. The van der Waals surface area contributed by atoms with Gasteiger partial charge in [0.05, 0.1) is 18.4 Å². The summed E-state index contributed by atoms with van der Waals surface area (Å²) in [6, 6.07) is 0.808. The van der Waals surface area contributed by atoms with E-state index in [0.717, 1.165) is 32.5 Å². The molecule has 0 aliphatic carbocycles. The van der Waals surface area contributed by atoms with Crippen molar-refractivity contribution >= 4 is 127 Å². The average molecular weight is 1710 g/mol. The predicted molar refractivity (Wildman–Crippen MR) is 445 cm³/mol. The number of H-pyrrole nitrogens is 2. The molecule has 0 radical (unpaired) electrons. The number of hydrogen-bond donors (Lipinski definition) is 20. The molecule has 21 N–H and O–H groups in total. The Balaban J connectivity index is 1.34. The van der Waals surface area contributed by atoms with Crippen LogP contribution in [0.2, 0.25) is 0 Å². The number of aromatic nitrogens is 3. The van der Waals surface area contributed by atoms with Crippen LogP contribution in [-0.4, -0.2) is 227 Å². The molecule has 13 amide bonds. The number of carbonyl (C=O) groups excluding carboxylic acids is 13. The average Bonchev–Trinajstić information content (AvgIpc) is 1.69. The molecule has 120 heavy (non-hydrogen) atoms. The number of nitrogens with zero attached hydrogens (tertiary/aromatic N) is 1. The third-order valence-corrected chi connectivity index (χ3v) is 22.6. The lowest BCUT2D eigenvalue weighted by Gasteiger charge is -2.31. The van der Waals surface area contributed by atoms with Crippen LogP contribution < -0.4 is 74.9 Å². The van der Waals surface area contributed by atoms with E-state index in [1.165, 1.54) is 43.7 Å². The second-order valence-corrected chi connectivity index (χ2v) is 33.1. The molecule has 1 fully saturated rings. The van der Waals surface area contributed by atoms with Gasteiger partial charge in [0.2, 0.25) is 76.8 Å². The van der Waals surface area contributed by atoms with Crippen LogP contribution in [0.15, 0.2) is 97.6 Å². The lowest BCUT2D eigenvalue weighted by atomic mass is 9.94. The SMILES string of the molecule is CC[C@H](C)[C@H](NC(=O)[C@H](CC(=O)O)NC(=O)[C@H](CC(C)C)NC(=O)[C@H](Cc1c[nH]cn1)NC(=O)[C@@H]1CSSC[C@H](NC(=O)[C@H](CCC(=O)O)NC(=O)[C@H](CCCCN)NC(C)=O)C(=O)N[C@@H](C(C)C)C(=O)N[C@@H](Cc2ccc(O)cc2)C(=O)N[C@@H](Cc2ccccc2)C(=O)N1)C(=O)N[C@H](C(=O)N[C@@H](Cc1c[nH]c2ccccc12)C(=O)O)[C@@H](C)CC. The maximum atomic E-state index is 15.4. The third kappa shape index (κ3) is 31.3. The first-order valence-corrected chi connectivity index (χ1v) is 42.3. The molecule has 654 valence electrons. The van der Waals surface area contributed by atoms with Crippen molar-refractivity contribution in [1.82, 2.24) is 84.1 Å². The van der Waals surface area contributed by atoms with Gasteiger partial charge in [-0.3, -0.25) is 71.9 Å². The summed E-state index contributed by atoms with van der Waals surface area (Å²) in [6.45, 7) is 14.7. The van der Waals surface area contributed by atoms with Crippen LogP contribution in [0.3, 0.4) is 0 Å². The molecule has 1 aliphatic rings. The fourth-order valence-electron chi connectivity index (χ4n) is 13.0. The summed E-state index contributed by atoms with van der Waals surface area (Å²) in [5.41, 5.74) is 8.12. The zero-order valence-electron chi connectivity index (χ0n) is 68.5. The molecule has 15 atom stereocenters. The second-order valence-electron chi connectivity index (χ2n) is 30.5. The number of phenolic OH excluding ortho intramolecular Hbond substituents is 1. The largest absolute Gasteiger partial charge is 0.508 e. The smallest absolute Gasteiger partial charge is 0.326 e. The van der Waals surface area contributed by atoms with Crippen LogP contribution in [0, 0.1) is 23.7 Å². The first kappa shape index (κ1) is 97.2. The predicted octanol–water partition coefficient (Wildman–Crippen LogP) is 0.932. The summed E-state index contributed by atoms with van der Waals surface area (Å²) in [6.07, 6.45) is 2.25. The van der Waals surface area contributed by atoms with Crippen LogP contribution >= 0.6 is 21.6 Å². The number of imidazole rings is 1. The Morgan fingerprint density at radius 1 is 0.542 bits per heavy atom. The Labute approximate surface area is 702 Å². The molecular formula is C81H113N17O20S2. The molecule has 1 saturated heterocycles. The highest BCUT2D eigenvalue weighted by Gasteiger charge is 2.41. The fraction of sp³-hybridized carbons (Fsp3) is 0.519. The zero-order valence-corrected chi connectivity index (χ0v) is 70.2. The number of aliphatic carboxylic acids is 3. The Morgan fingerprint density at radius 2 is 1.09 bits per heavy atom. The second kappa shape index (κ2) is 48.5. The number of para-hydroxylation sites is 1. The van der Waals surface area contributed by atoms with Gasteiger partial charge < -0.3 is 105 Å². The minimum absolute atomic E-state index is 0.0744. The fourth-order valence-corrected chi connectivity index (χ4v) is 15.4. The number of unbranched alkanes of at least 4 members (excludes halogenated alkanes) is 1. The highest BCUT2D eigenvalue weighted by Crippen LogP contribution is 2.26. The highest BCUT2D eigenvalue weighted by molar-refractivity contribution is 8.76. The number of carboxylic acid groups (broad SMARTS) is 3. The van der Waals surface area contributed by atoms with Crippen molar-refractivity contribution in [2.45, 2.75) is 224 Å². The van der Waals surface area contributed by atoms with E-state index < -0.39 is 234 Å². The van der Waals surface area contributed by atoms with Gasteiger partial charge in [0.1, 0.15) is 84.3 Å². The number of aromatic amines is 2. The minimum Gasteiger partial charge on any atom is -0.508 e. The number of phenols is 1. The molecule has 3 aromatic carbocycles. The number of carboxylic acids is 3. The Morgan fingerprint density at radius 3 is 1.68 bits per heavy atom. The van der Waals surface area contributed by atoms with E-state index >= 15 is 19.2 Å². The topological polar surface area (TPSA) is 581 Å². The Bertz CT molecular complexity index is 4340. The molecule has 0 spiro atoms. The molecule has 5 aromatic rings. The summed E-state index contributed by atoms with van der Waals surface area (Å²) in [5.74, 6) is -20.3. The molecule has 37 nitrogen and oxygen atoms in total. The molecule has 2 aromatic heterocycles. The molecule has 1 aliphatic heterocycles. The van der Waals surface area contributed by atoms with Crippen molar-refractivity contribution in [3.63, 3.8) is 0 Å². The van der Waals surface area contributed by atoms with Crippen molar-refractivity contribution in [3.05, 3.63) is 120 Å². The quantitative estimate of drug-likeness (QED) is 0.0191. The van der Waals surface area contributed by atoms with Crippen molar-refractivity contribution in [3.8, 4) is 5.75 Å². The number of amides is 13. The maximum absolute atomic E-state index is 15.4. The Hall–Kier alpha value is -11.6. The van der Waals surface area contributed by atoms with Gasteiger partial charge in [-0.15, -0.1) is 0 Å². The van der Waals surface area contributed by atoms with Gasteiger partial charge in [0.25, 0.3) is 0 Å². The van der Waals surface area contributed by atoms with Gasteiger partial charge in [-0.25, -0.2) is 9.78 Å². The lowest BCUT2D eigenvalue weighted by Crippen LogP contribution is -2.62. The summed E-state index contributed by atoms with van der Waals surface area (Å²) >= 11 is 0. The normalized spacial score (nSPS) is 18.7. The van der Waals surface area contributed by atoms with Crippen LogP contribution in [-0.2, 0) is 102 Å². The number of rotatable bonds is 42. The number of nitrogens with two attached hydrogens (primary N) is 1. The van der Waals surface area contributed by atoms with E-state index in [-0.39, 0.29) is 56.5 Å². The summed E-state index contributed by atoms with van der Waals surface area (Å²) in [5, 5.41) is 75.3. The Kier molecular flexibility index (Phi) is 39.3. The summed E-state index contributed by atoms with van der Waals surface area (Å²) < 4.78 is 0. The molecule has 39 heteroatoms. The molecule has 3 heterocycles. The van der Waals surface area contributed by atoms with Crippen molar-refractivity contribution in [1.29, 1.82) is 0 Å². The molecule has 0 bridgehead atoms. The third-order valence-electron chi connectivity index (χ3n) is 20.2. The monoisotopic (exact) mass is 1710 g/mol. The van der Waals surface area contributed by atoms with Crippen LogP contribution in [0.4, 0.5) is 0 Å². The summed E-state index contributed by atoms with van der Waals surface area (Å²) in [4.78, 5) is 237. The summed E-state index contributed by atoms with van der Waals surface area (Å²) in [7, 11) is 1.70. The number of aromatic hydroxyl groups is 1. The van der Waals surface area contributed by atoms with Gasteiger partial charge in [0.15, 0.2) is 0 Å². The van der Waals surface area contributed by atoms with Crippen molar-refractivity contribution in [2.24, 2.45) is 29.4 Å². The van der Waals surface area contributed by atoms with E-state index in [9.17, 15) is 78.0 Å². The van der Waals surface area contributed by atoms with E-state index in [2.05, 4.69) is 84.1 Å². The number of nitrogens with one attached hydrogen (secondary N) is 15. The standard InChI is InChI=1S/C81H113N17O20S2/c1-10-44(7)67(79(115)93-61(81(117)118)34-49-37-84-53-22-16-15-21-52(49)53)98-80(116)68(45(8)11-2)97-75(111)60(36-65(103)104)91-71(107)56(31-42(3)4)88-74(110)59(35-50-38-83-41-85-50)90-76(112)62-39-119-120-40-63(94-70(106)55(28-29-64(101)102)87-69(105)54(86-46(9)99)23-17-18-30-82)77(113)96-66(43(5)6)78(114)92-58(33-48-24-26-51(100)27-25-48)72(108)89-57(73(109)95-62)32-47-19-13-12-14-20-47/h12-16,19-22,24-27,37-38,41-45,54-63,66-68,84,100H,10-11,17-18,23,28-36,39-40,82H2,1-9H3,(H,83,85)(H,86,99)(H,87,105)(H,88,110)(H,89,108)(H,90,112)(H,91,107)(H,92,114)(H,93,115)(H,94,106)(H,95,109)(H,96,113)(H,97,111)(H,98,116)(H,101,102)(H,103,104)(H,117,118)/t44-,45-,54-,55-,56-,57-,58-,59-,60-,61-,62-,63-,66-,67-,68-/m0/s1. The van der Waals surface area contributed by atoms with Gasteiger partial charge >= 0.3 is 17.9 Å². The van der Waals surface area contributed by atoms with Crippen molar-refractivity contribution < 1.29 is 97.1 Å². The van der Waals surface area contributed by atoms with Gasteiger partial charge in [0, 0.05) is 73.8 Å². The number of fused-ring (bicyclic) bond motifs is 1. The first-order chi connectivity index (χ1) is 57.0. The lowest BCUT2D eigenvalue weighted by molar-refractivity contribution is -0.143. The zero-order chi connectivity index (χ0) is 88.4. The number of carbonyl (C=O) groups is 16. The molecular weight excluding hydrogens is 1600 g/mol. The maximum Gasteiger partial charge on any atom is 0.326 e. The molecule has 6 rings (SSSR count). The highest BCUT2D eigenvalue weighted by atomic mass is 33.1. The number of benzene rings is 3. The van der Waals surface area contributed by atoms with Crippen LogP contribution in [0.25, 0.3) is 10.9 Å². The number of hydrogen-bond acceptors (Lipinski definition) is 21. The van der Waals surface area contributed by atoms with Gasteiger partial charge in [-0.1, -0.05) is 150 Å². The van der Waals surface area contributed by atoms with E-state index in [0.29, 0.717) is 36.0 Å². The van der Waals surface area contributed by atoms with E-state index in [4.69, 9.17) is 5.73 Å². The molecule has 0 saturated carbocycles. The van der Waals surface area contributed by atoms with Crippen LogP contribution in [0.1, 0.15) is 142 Å². The van der Waals surface area contributed by atoms with E-state index in [1.54, 1.807) is 116 Å². The minimum atomic E-state index is -1.94. The van der Waals surface area contributed by atoms with E-state index in [1.807, 2.05) is 0 Å². The van der Waals surface area contributed by atoms with Gasteiger partial charge in [-0.2, -0.15) is 0 Å². The van der Waals surface area contributed by atoms with Gasteiger partial charge in [-0.05, 0) is 97.2 Å². The van der Waals surface area contributed by atoms with Crippen molar-refractivity contribution in [2.75, 3.05) is 18.1 Å². The van der Waals surface area contributed by atoms with Crippen LogP contribution in [0.5, 0.6) is 5.75 Å². The first-order valence-electron chi connectivity index (χ1n) is 39.9.